The van der Waals surface area contributed by atoms with E-state index in [0.717, 1.165) is 24.2 Å². The van der Waals surface area contributed by atoms with Crippen LogP contribution in [0.3, 0.4) is 0 Å². The molecule has 1 atom stereocenters. The van der Waals surface area contributed by atoms with E-state index in [-0.39, 0.29) is 36.9 Å². The molecule has 1 aromatic carbocycles. The highest BCUT2D eigenvalue weighted by Gasteiger charge is 2.52. The van der Waals surface area contributed by atoms with E-state index in [2.05, 4.69) is 10.6 Å². The number of hydrogen-bond donors (Lipinski definition) is 2. The lowest BCUT2D eigenvalue weighted by atomic mass is 9.98. The summed E-state index contributed by atoms with van der Waals surface area (Å²) in [5.41, 5.74) is 0.250. The maximum atomic E-state index is 12.6. The summed E-state index contributed by atoms with van der Waals surface area (Å²) in [6.45, 7) is 0.667. The minimum atomic E-state index is -0.715. The topological polar surface area (TPSA) is 87.7 Å². The van der Waals surface area contributed by atoms with Gasteiger partial charge < -0.3 is 15.4 Å². The van der Waals surface area contributed by atoms with Gasteiger partial charge in [0.15, 0.2) is 0 Å². The first-order chi connectivity index (χ1) is 12.6. The molecule has 3 aliphatic rings. The Bertz CT molecular complexity index is 742. The average molecular weight is 357 g/mol. The molecule has 1 saturated heterocycles. The molecule has 4 rings (SSSR count). The number of imide groups is 1. The summed E-state index contributed by atoms with van der Waals surface area (Å²) in [7, 11) is 0. The highest BCUT2D eigenvalue weighted by molar-refractivity contribution is 6.07. The Hall–Kier alpha value is -2.57. The van der Waals surface area contributed by atoms with Gasteiger partial charge in [-0.2, -0.15) is 0 Å². The third-order valence-electron chi connectivity index (χ3n) is 5.56. The van der Waals surface area contributed by atoms with Crippen molar-refractivity contribution in [2.45, 2.75) is 50.1 Å². The van der Waals surface area contributed by atoms with Crippen LogP contribution in [0.5, 0.6) is 5.75 Å². The Kier molecular flexibility index (Phi) is 4.30. The molecule has 1 aromatic rings. The van der Waals surface area contributed by atoms with Crippen molar-refractivity contribution >= 4 is 17.8 Å². The molecule has 7 heteroatoms. The van der Waals surface area contributed by atoms with Crippen molar-refractivity contribution in [3.05, 3.63) is 29.8 Å². The van der Waals surface area contributed by atoms with Crippen molar-refractivity contribution in [3.63, 3.8) is 0 Å². The third kappa shape index (κ3) is 2.91. The van der Waals surface area contributed by atoms with E-state index in [1.807, 2.05) is 24.3 Å². The van der Waals surface area contributed by atoms with Crippen LogP contribution < -0.4 is 15.4 Å². The Morgan fingerprint density at radius 2 is 2.04 bits per heavy atom. The maximum Gasteiger partial charge on any atom is 0.325 e. The number of carbonyl (C=O) groups is 3. The highest BCUT2D eigenvalue weighted by atomic mass is 16.5. The second-order valence-corrected chi connectivity index (χ2v) is 7.22. The quantitative estimate of drug-likeness (QED) is 0.806. The molecule has 26 heavy (non-hydrogen) atoms. The van der Waals surface area contributed by atoms with Crippen LogP contribution in [0.15, 0.2) is 24.3 Å². The Labute approximate surface area is 152 Å². The summed E-state index contributed by atoms with van der Waals surface area (Å²) in [5, 5.41) is 5.84. The number of nitrogens with one attached hydrogen (secondary N) is 2. The van der Waals surface area contributed by atoms with Crippen molar-refractivity contribution in [1.29, 1.82) is 0 Å². The Morgan fingerprint density at radius 3 is 2.85 bits per heavy atom. The first-order valence-electron chi connectivity index (χ1n) is 9.24. The minimum Gasteiger partial charge on any atom is -0.493 e. The minimum absolute atomic E-state index is 0.100. The zero-order chi connectivity index (χ0) is 18.1. The zero-order valence-electron chi connectivity index (χ0n) is 14.6. The summed E-state index contributed by atoms with van der Waals surface area (Å²) < 4.78 is 5.60. The first kappa shape index (κ1) is 16.9. The van der Waals surface area contributed by atoms with Crippen LogP contribution in [0.25, 0.3) is 0 Å². The number of benzene rings is 1. The van der Waals surface area contributed by atoms with E-state index in [1.54, 1.807) is 0 Å². The van der Waals surface area contributed by atoms with Gasteiger partial charge in [-0.25, -0.2) is 4.79 Å². The molecule has 1 aliphatic carbocycles. The van der Waals surface area contributed by atoms with Gasteiger partial charge in [0.2, 0.25) is 5.91 Å². The van der Waals surface area contributed by atoms with Crippen molar-refractivity contribution in [2.75, 3.05) is 13.2 Å². The molecule has 0 bridgehead atoms. The summed E-state index contributed by atoms with van der Waals surface area (Å²) >= 11 is 0. The van der Waals surface area contributed by atoms with Gasteiger partial charge in [-0.3, -0.25) is 14.5 Å². The smallest absolute Gasteiger partial charge is 0.325 e. The number of urea groups is 1. The SMILES string of the molecule is O=C(CCN1C(=O)NC2(CCCC2)C1=O)NC1CCOc2ccccc21. The van der Waals surface area contributed by atoms with Gasteiger partial charge in [-0.15, -0.1) is 0 Å². The van der Waals surface area contributed by atoms with Crippen molar-refractivity contribution in [3.8, 4) is 5.75 Å². The second kappa shape index (κ2) is 6.63. The molecule has 4 amide bonds. The number of fused-ring (bicyclic) bond motifs is 1. The number of rotatable bonds is 4. The molecule has 138 valence electrons. The van der Waals surface area contributed by atoms with Crippen LogP contribution >= 0.6 is 0 Å². The lowest BCUT2D eigenvalue weighted by Gasteiger charge is -2.27. The van der Waals surface area contributed by atoms with Crippen LogP contribution in [0.1, 0.15) is 50.1 Å². The zero-order valence-corrected chi connectivity index (χ0v) is 14.6. The molecule has 1 saturated carbocycles. The van der Waals surface area contributed by atoms with Crippen molar-refractivity contribution in [2.24, 2.45) is 0 Å². The fourth-order valence-corrected chi connectivity index (χ4v) is 4.17. The van der Waals surface area contributed by atoms with Gasteiger partial charge in [0.05, 0.1) is 12.6 Å². The third-order valence-corrected chi connectivity index (χ3v) is 5.56. The molecule has 0 radical (unpaired) electrons. The van der Waals surface area contributed by atoms with E-state index < -0.39 is 5.54 Å². The van der Waals surface area contributed by atoms with Gasteiger partial charge in [0.1, 0.15) is 11.3 Å². The van der Waals surface area contributed by atoms with Gasteiger partial charge in [0, 0.05) is 24.9 Å². The van der Waals surface area contributed by atoms with Crippen LogP contribution in [-0.2, 0) is 9.59 Å². The molecular weight excluding hydrogens is 334 g/mol. The first-order valence-corrected chi connectivity index (χ1v) is 9.24. The molecule has 1 spiro atoms. The molecule has 2 fully saturated rings. The maximum absolute atomic E-state index is 12.6. The lowest BCUT2D eigenvalue weighted by molar-refractivity contribution is -0.131. The summed E-state index contributed by atoms with van der Waals surface area (Å²) in [4.78, 5) is 38.3. The Morgan fingerprint density at radius 1 is 1.27 bits per heavy atom. The predicted molar refractivity (Wildman–Crippen MR) is 93.5 cm³/mol. The largest absolute Gasteiger partial charge is 0.493 e. The normalized spacial score (nSPS) is 23.5. The lowest BCUT2D eigenvalue weighted by Crippen LogP contribution is -2.44. The number of ether oxygens (including phenoxy) is 1. The molecule has 1 unspecified atom stereocenters. The molecule has 2 N–H and O–H groups in total. The van der Waals surface area contributed by atoms with Gasteiger partial charge in [-0.1, -0.05) is 31.0 Å². The summed E-state index contributed by atoms with van der Waals surface area (Å²) in [6.07, 6.45) is 4.09. The van der Waals surface area contributed by atoms with E-state index >= 15 is 0 Å². The van der Waals surface area contributed by atoms with Crippen LogP contribution in [0, 0.1) is 0 Å². The van der Waals surface area contributed by atoms with E-state index in [9.17, 15) is 14.4 Å². The van der Waals surface area contributed by atoms with Gasteiger partial charge in [-0.05, 0) is 18.9 Å². The van der Waals surface area contributed by atoms with Crippen LogP contribution in [0.2, 0.25) is 0 Å². The molecule has 2 heterocycles. The summed E-state index contributed by atoms with van der Waals surface area (Å²) in [5.74, 6) is 0.449. The predicted octanol–water partition coefficient (Wildman–Crippen LogP) is 1.88. The number of hydrogen-bond acceptors (Lipinski definition) is 4. The molecular formula is C19H23N3O4. The van der Waals surface area contributed by atoms with Crippen LogP contribution in [0.4, 0.5) is 4.79 Å². The monoisotopic (exact) mass is 357 g/mol. The van der Waals surface area contributed by atoms with Gasteiger partial charge >= 0.3 is 6.03 Å². The second-order valence-electron chi connectivity index (χ2n) is 7.22. The standard InChI is InChI=1S/C19H23N3O4/c23-16(20-14-8-12-26-15-6-2-1-5-13(14)15)7-11-22-17(24)19(21-18(22)25)9-3-4-10-19/h1-2,5-6,14H,3-4,7-12H2,(H,20,23)(H,21,25). The van der Waals surface area contributed by atoms with E-state index in [4.69, 9.17) is 4.74 Å². The molecule has 2 aliphatic heterocycles. The van der Waals surface area contributed by atoms with E-state index in [1.165, 1.54) is 4.90 Å². The fourth-order valence-electron chi connectivity index (χ4n) is 4.17. The molecule has 7 nitrogen and oxygen atoms in total. The van der Waals surface area contributed by atoms with Crippen LogP contribution in [-0.4, -0.2) is 41.4 Å². The highest BCUT2D eigenvalue weighted by Crippen LogP contribution is 2.35. The molecule has 0 aromatic heterocycles. The Balaban J connectivity index is 1.35. The average Bonchev–Trinajstić information content (AvgIpc) is 3.20. The number of nitrogens with zero attached hydrogens (tertiary/aromatic N) is 1. The number of carbonyl (C=O) groups excluding carboxylic acids is 3. The number of amides is 4. The van der Waals surface area contributed by atoms with Crippen molar-refractivity contribution < 1.29 is 19.1 Å². The van der Waals surface area contributed by atoms with Crippen molar-refractivity contribution in [1.82, 2.24) is 15.5 Å². The fraction of sp³-hybridized carbons (Fsp3) is 0.526. The van der Waals surface area contributed by atoms with E-state index in [0.29, 0.717) is 25.9 Å². The van der Waals surface area contributed by atoms with Gasteiger partial charge in [0.25, 0.3) is 5.91 Å². The summed E-state index contributed by atoms with van der Waals surface area (Å²) in [6, 6.07) is 7.18. The number of para-hydroxylation sites is 1.